The molecule has 0 aromatic rings. The number of carbonyl (C=O) groups is 1. The Kier molecular flexibility index (Phi) is 1.74. The fraction of sp³-hybridized carbons (Fsp3) is 0.727. The second-order valence-corrected chi connectivity index (χ2v) is 4.69. The summed E-state index contributed by atoms with van der Waals surface area (Å²) in [4.78, 5) is 12.0. The molecule has 3 nitrogen and oxygen atoms in total. The average molecular weight is 196 g/mol. The van der Waals surface area contributed by atoms with Crippen molar-refractivity contribution in [3.63, 3.8) is 0 Å². The minimum Gasteiger partial charge on any atom is -0.367 e. The van der Waals surface area contributed by atoms with Gasteiger partial charge in [-0.2, -0.15) is 0 Å². The molecule has 0 aromatic carbocycles. The summed E-state index contributed by atoms with van der Waals surface area (Å²) in [7, 11) is 1.56. The van der Waals surface area contributed by atoms with Crippen LogP contribution in [0.5, 0.6) is 0 Å². The van der Waals surface area contributed by atoms with Gasteiger partial charge in [0.25, 0.3) is 0 Å². The average Bonchev–Trinajstić information content (AvgIpc) is 2.38. The summed E-state index contributed by atoms with van der Waals surface area (Å²) < 4.78 is 11.2. The highest BCUT2D eigenvalue weighted by atomic mass is 16.6. The molecule has 0 N–H and O–H groups in total. The second kappa shape index (κ2) is 2.47. The molecule has 0 saturated carbocycles. The Morgan fingerprint density at radius 3 is 2.57 bits per heavy atom. The zero-order chi connectivity index (χ0) is 10.6. The van der Waals surface area contributed by atoms with Crippen molar-refractivity contribution in [1.82, 2.24) is 0 Å². The number of fused-ring (bicyclic) bond motifs is 2. The molecule has 2 rings (SSSR count). The van der Waals surface area contributed by atoms with Gasteiger partial charge in [-0.25, -0.2) is 0 Å². The van der Waals surface area contributed by atoms with E-state index in [0.717, 1.165) is 0 Å². The molecule has 0 radical (unpaired) electrons. The highest BCUT2D eigenvalue weighted by Crippen LogP contribution is 2.47. The summed E-state index contributed by atoms with van der Waals surface area (Å²) in [6.07, 6.45) is 4.31. The van der Waals surface area contributed by atoms with Crippen LogP contribution in [0.4, 0.5) is 0 Å². The first-order chi connectivity index (χ1) is 6.35. The number of hydrogen-bond acceptors (Lipinski definition) is 3. The summed E-state index contributed by atoms with van der Waals surface area (Å²) in [6.45, 7) is 5.63. The maximum Gasteiger partial charge on any atom is 0.170 e. The van der Waals surface area contributed by atoms with E-state index in [1.165, 1.54) is 0 Å². The summed E-state index contributed by atoms with van der Waals surface area (Å²) in [5.74, 6) is 0.112. The van der Waals surface area contributed by atoms with Gasteiger partial charge in [-0.15, -0.1) is 0 Å². The van der Waals surface area contributed by atoms with E-state index in [1.54, 1.807) is 14.0 Å². The SMILES string of the molecule is CO[C@]1(C)C(=O)C[C@]2(C)C=C[C@@]1(C)O2. The number of methoxy groups -OCH3 is 1. The lowest BCUT2D eigenvalue weighted by Crippen LogP contribution is -2.62. The van der Waals surface area contributed by atoms with Gasteiger partial charge in [0.2, 0.25) is 0 Å². The van der Waals surface area contributed by atoms with Gasteiger partial charge in [-0.05, 0) is 20.8 Å². The van der Waals surface area contributed by atoms with E-state index >= 15 is 0 Å². The summed E-state index contributed by atoms with van der Waals surface area (Å²) in [5, 5.41) is 0. The van der Waals surface area contributed by atoms with E-state index in [-0.39, 0.29) is 5.78 Å². The fourth-order valence-corrected chi connectivity index (χ4v) is 2.32. The third-order valence-electron chi connectivity index (χ3n) is 3.60. The molecule has 1 saturated heterocycles. The highest BCUT2D eigenvalue weighted by molar-refractivity contribution is 5.91. The van der Waals surface area contributed by atoms with Crippen LogP contribution in [0.1, 0.15) is 27.2 Å². The fourth-order valence-electron chi connectivity index (χ4n) is 2.32. The third kappa shape index (κ3) is 0.969. The monoisotopic (exact) mass is 196 g/mol. The van der Waals surface area contributed by atoms with Crippen molar-refractivity contribution in [3.05, 3.63) is 12.2 Å². The van der Waals surface area contributed by atoms with Crippen LogP contribution in [0.25, 0.3) is 0 Å². The molecule has 0 aromatic heterocycles. The quantitative estimate of drug-likeness (QED) is 0.596. The Labute approximate surface area is 84.1 Å². The molecule has 1 fully saturated rings. The molecule has 14 heavy (non-hydrogen) atoms. The van der Waals surface area contributed by atoms with Crippen LogP contribution in [0.2, 0.25) is 0 Å². The predicted octanol–water partition coefficient (Wildman–Crippen LogP) is 1.47. The van der Waals surface area contributed by atoms with Crippen molar-refractivity contribution in [2.24, 2.45) is 0 Å². The molecule has 78 valence electrons. The van der Waals surface area contributed by atoms with Crippen molar-refractivity contribution < 1.29 is 14.3 Å². The van der Waals surface area contributed by atoms with Gasteiger partial charge in [-0.3, -0.25) is 4.79 Å². The lowest BCUT2D eigenvalue weighted by molar-refractivity contribution is -0.213. The second-order valence-electron chi connectivity index (χ2n) is 4.69. The van der Waals surface area contributed by atoms with E-state index < -0.39 is 16.8 Å². The number of ketones is 1. The maximum atomic E-state index is 12.0. The minimum absolute atomic E-state index is 0.112. The Hall–Kier alpha value is -0.670. The van der Waals surface area contributed by atoms with Gasteiger partial charge in [0.05, 0.1) is 5.60 Å². The van der Waals surface area contributed by atoms with Gasteiger partial charge < -0.3 is 9.47 Å². The van der Waals surface area contributed by atoms with Gasteiger partial charge in [-0.1, -0.05) is 12.2 Å². The van der Waals surface area contributed by atoms with Crippen LogP contribution >= 0.6 is 0 Å². The van der Waals surface area contributed by atoms with Crippen molar-refractivity contribution in [2.75, 3.05) is 7.11 Å². The van der Waals surface area contributed by atoms with Crippen LogP contribution < -0.4 is 0 Å². The predicted molar refractivity (Wildman–Crippen MR) is 52.1 cm³/mol. The van der Waals surface area contributed by atoms with Crippen LogP contribution in [-0.2, 0) is 14.3 Å². The molecule has 3 heteroatoms. The van der Waals surface area contributed by atoms with Gasteiger partial charge >= 0.3 is 0 Å². The number of ether oxygens (including phenoxy) is 2. The lowest BCUT2D eigenvalue weighted by Gasteiger charge is -2.47. The maximum absolute atomic E-state index is 12.0. The van der Waals surface area contributed by atoms with E-state index in [1.807, 2.05) is 26.0 Å². The number of carbonyl (C=O) groups excluding carboxylic acids is 1. The largest absolute Gasteiger partial charge is 0.367 e. The molecule has 0 amide bonds. The zero-order valence-corrected chi connectivity index (χ0v) is 9.09. The van der Waals surface area contributed by atoms with Gasteiger partial charge in [0, 0.05) is 13.5 Å². The molecular weight excluding hydrogens is 180 g/mol. The normalized spacial score (nSPS) is 51.3. The Balaban J connectivity index is 2.48. The zero-order valence-electron chi connectivity index (χ0n) is 9.09. The highest BCUT2D eigenvalue weighted by Gasteiger charge is 2.60. The minimum atomic E-state index is -0.848. The summed E-state index contributed by atoms with van der Waals surface area (Å²) in [5.41, 5.74) is -1.89. The standard InChI is InChI=1S/C11H16O3/c1-9-5-6-10(2,14-9)11(3,13-4)8(12)7-9/h5-6H,7H2,1-4H3/t9-,10+,11+/m0/s1. The smallest absolute Gasteiger partial charge is 0.170 e. The molecule has 2 aliphatic heterocycles. The van der Waals surface area contributed by atoms with E-state index in [9.17, 15) is 4.79 Å². The Morgan fingerprint density at radius 1 is 1.36 bits per heavy atom. The molecule has 2 heterocycles. The van der Waals surface area contributed by atoms with Crippen LogP contribution in [0, 0.1) is 0 Å². The molecule has 2 aliphatic rings. The van der Waals surface area contributed by atoms with E-state index in [0.29, 0.717) is 6.42 Å². The van der Waals surface area contributed by atoms with Crippen LogP contribution in [0.3, 0.4) is 0 Å². The summed E-state index contributed by atoms with van der Waals surface area (Å²) in [6, 6.07) is 0. The molecule has 0 spiro atoms. The third-order valence-corrected chi connectivity index (χ3v) is 3.60. The van der Waals surface area contributed by atoms with Crippen molar-refractivity contribution in [3.8, 4) is 0 Å². The van der Waals surface area contributed by atoms with Crippen LogP contribution in [-0.4, -0.2) is 29.7 Å². The topological polar surface area (TPSA) is 35.5 Å². The molecule has 0 unspecified atom stereocenters. The Morgan fingerprint density at radius 2 is 2.00 bits per heavy atom. The van der Waals surface area contributed by atoms with Crippen LogP contribution in [0.15, 0.2) is 12.2 Å². The van der Waals surface area contributed by atoms with Crippen molar-refractivity contribution in [1.29, 1.82) is 0 Å². The molecule has 0 aliphatic carbocycles. The number of rotatable bonds is 1. The number of hydrogen-bond donors (Lipinski definition) is 0. The van der Waals surface area contributed by atoms with Gasteiger partial charge in [0.1, 0.15) is 5.60 Å². The Bertz CT molecular complexity index is 322. The van der Waals surface area contributed by atoms with Crippen molar-refractivity contribution >= 4 is 5.78 Å². The first-order valence-electron chi connectivity index (χ1n) is 4.84. The first-order valence-corrected chi connectivity index (χ1v) is 4.84. The van der Waals surface area contributed by atoms with E-state index in [4.69, 9.17) is 9.47 Å². The van der Waals surface area contributed by atoms with Crippen molar-refractivity contribution in [2.45, 2.75) is 44.0 Å². The molecule has 2 bridgehead atoms. The molecular formula is C11H16O3. The first kappa shape index (κ1) is 9.87. The summed E-state index contributed by atoms with van der Waals surface area (Å²) >= 11 is 0. The van der Waals surface area contributed by atoms with E-state index in [2.05, 4.69) is 0 Å². The lowest BCUT2D eigenvalue weighted by atomic mass is 9.78. The van der Waals surface area contributed by atoms with Gasteiger partial charge in [0.15, 0.2) is 11.4 Å². The molecule has 3 atom stereocenters. The number of Topliss-reactive ketones (excluding diaryl/α,β-unsaturated/α-hetero) is 1.